The molecule has 0 bridgehead atoms. The molecule has 104 valence electrons. The van der Waals surface area contributed by atoms with Gasteiger partial charge >= 0.3 is 5.63 Å². The van der Waals surface area contributed by atoms with E-state index in [0.717, 1.165) is 0 Å². The molecule has 0 unspecified atom stereocenters. The number of halogens is 1. The molecule has 0 amide bonds. The van der Waals surface area contributed by atoms with Crippen LogP contribution in [0.3, 0.4) is 0 Å². The van der Waals surface area contributed by atoms with Crippen molar-refractivity contribution in [2.24, 2.45) is 4.99 Å². The molecule has 1 heterocycles. The third-order valence-corrected chi connectivity index (χ3v) is 3.36. The molecule has 4 nitrogen and oxygen atoms in total. The van der Waals surface area contributed by atoms with Crippen molar-refractivity contribution < 1.29 is 9.52 Å². The number of aromatic hydroxyl groups is 1. The molecule has 3 aromatic rings. The summed E-state index contributed by atoms with van der Waals surface area (Å²) in [5.41, 5.74) is 0.317. The van der Waals surface area contributed by atoms with Crippen molar-refractivity contribution in [3.63, 3.8) is 0 Å². The van der Waals surface area contributed by atoms with Crippen LogP contribution in [0, 0.1) is 0 Å². The zero-order chi connectivity index (χ0) is 14.8. The minimum absolute atomic E-state index is 0.338. The Bertz CT molecular complexity index is 899. The zero-order valence-electron chi connectivity index (χ0n) is 10.8. The fraction of sp³-hybridized carbons (Fsp3) is 0. The Morgan fingerprint density at radius 3 is 2.48 bits per heavy atom. The summed E-state index contributed by atoms with van der Waals surface area (Å²) in [5.74, 6) is -0.463. The predicted molar refractivity (Wildman–Crippen MR) is 82.9 cm³/mol. The van der Waals surface area contributed by atoms with Gasteiger partial charge in [-0.05, 0) is 18.2 Å². The molecule has 0 atom stereocenters. The van der Waals surface area contributed by atoms with Gasteiger partial charge in [0, 0.05) is 11.6 Å². The molecule has 0 aliphatic carbocycles. The fourth-order valence-corrected chi connectivity index (χ4v) is 2.21. The van der Waals surface area contributed by atoms with E-state index in [1.165, 1.54) is 6.21 Å². The smallest absolute Gasteiger partial charge is 0.346 e. The molecule has 1 aromatic heterocycles. The summed E-state index contributed by atoms with van der Waals surface area (Å²) in [5, 5.41) is 11.3. The molecular weight excluding hydrogens is 290 g/mol. The van der Waals surface area contributed by atoms with E-state index in [4.69, 9.17) is 16.0 Å². The van der Waals surface area contributed by atoms with E-state index in [9.17, 15) is 9.90 Å². The van der Waals surface area contributed by atoms with Gasteiger partial charge in [0.25, 0.3) is 5.95 Å². The van der Waals surface area contributed by atoms with Crippen LogP contribution >= 0.6 is 11.6 Å². The van der Waals surface area contributed by atoms with Crippen molar-refractivity contribution in [3.8, 4) is 5.95 Å². The molecule has 0 spiro atoms. The van der Waals surface area contributed by atoms with Crippen molar-refractivity contribution in [2.75, 3.05) is 0 Å². The van der Waals surface area contributed by atoms with E-state index in [0.29, 0.717) is 27.0 Å². The summed E-state index contributed by atoms with van der Waals surface area (Å²) in [6.45, 7) is 0. The number of para-hydroxylation sites is 1. The summed E-state index contributed by atoms with van der Waals surface area (Å²) >= 11 is 6.02. The Kier molecular flexibility index (Phi) is 3.46. The number of rotatable bonds is 2. The highest BCUT2D eigenvalue weighted by Gasteiger charge is 2.11. The van der Waals surface area contributed by atoms with Gasteiger partial charge in [0.05, 0.1) is 21.7 Å². The van der Waals surface area contributed by atoms with Gasteiger partial charge in [-0.3, -0.25) is 4.99 Å². The molecule has 1 N–H and O–H groups in total. The van der Waals surface area contributed by atoms with Gasteiger partial charge in [-0.15, -0.1) is 0 Å². The lowest BCUT2D eigenvalue weighted by Gasteiger charge is -2.03. The second-order valence-electron chi connectivity index (χ2n) is 4.36. The number of nitrogens with zero attached hydrogens (tertiary/aromatic N) is 1. The second-order valence-corrected chi connectivity index (χ2v) is 4.77. The van der Waals surface area contributed by atoms with Crippen molar-refractivity contribution in [1.82, 2.24) is 0 Å². The standard InChI is InChI=1S/C16H10ClNO3/c17-13-7-3-4-8-14(13)18-9-12-10-5-1-2-6-11(10)15(19)21-16(12)20/h1-9,20H. The van der Waals surface area contributed by atoms with E-state index in [1.807, 2.05) is 6.07 Å². The lowest BCUT2D eigenvalue weighted by molar-refractivity contribution is 0.312. The molecule has 3 rings (SSSR count). The highest BCUT2D eigenvalue weighted by molar-refractivity contribution is 6.33. The number of fused-ring (bicyclic) bond motifs is 1. The molecule has 0 aliphatic heterocycles. The van der Waals surface area contributed by atoms with Crippen LogP contribution in [0.25, 0.3) is 10.8 Å². The average Bonchev–Trinajstić information content (AvgIpc) is 2.49. The summed E-state index contributed by atoms with van der Waals surface area (Å²) in [6.07, 6.45) is 1.43. The maximum absolute atomic E-state index is 11.7. The van der Waals surface area contributed by atoms with Gasteiger partial charge in [0.1, 0.15) is 0 Å². The van der Waals surface area contributed by atoms with Crippen LogP contribution in [0.15, 0.2) is 62.7 Å². The predicted octanol–water partition coefficient (Wildman–Crippen LogP) is 3.90. The van der Waals surface area contributed by atoms with Gasteiger partial charge < -0.3 is 9.52 Å². The highest BCUT2D eigenvalue weighted by Crippen LogP contribution is 2.26. The van der Waals surface area contributed by atoms with Crippen molar-refractivity contribution >= 4 is 34.3 Å². The van der Waals surface area contributed by atoms with Crippen LogP contribution in [0.5, 0.6) is 5.95 Å². The summed E-state index contributed by atoms with van der Waals surface area (Å²) in [7, 11) is 0. The van der Waals surface area contributed by atoms with Crippen molar-refractivity contribution in [1.29, 1.82) is 0 Å². The van der Waals surface area contributed by atoms with Crippen LogP contribution in [0.2, 0.25) is 5.02 Å². The average molecular weight is 300 g/mol. The first-order chi connectivity index (χ1) is 10.2. The Labute approximate surface area is 124 Å². The highest BCUT2D eigenvalue weighted by atomic mass is 35.5. The minimum Gasteiger partial charge on any atom is -0.480 e. The molecule has 0 saturated heterocycles. The maximum Gasteiger partial charge on any atom is 0.346 e. The molecular formula is C16H10ClNO3. The number of hydrogen-bond donors (Lipinski definition) is 1. The topological polar surface area (TPSA) is 62.8 Å². The SMILES string of the molecule is O=c1oc(O)c(C=Nc2ccccc2Cl)c2ccccc12. The summed E-state index contributed by atoms with van der Waals surface area (Å²) < 4.78 is 4.82. The second kappa shape index (κ2) is 5.42. The first kappa shape index (κ1) is 13.4. The number of hydrogen-bond acceptors (Lipinski definition) is 4. The Morgan fingerprint density at radius 1 is 1.05 bits per heavy atom. The largest absolute Gasteiger partial charge is 0.480 e. The lowest BCUT2D eigenvalue weighted by atomic mass is 10.1. The molecule has 0 radical (unpaired) electrons. The molecule has 0 fully saturated rings. The number of benzene rings is 2. The van der Waals surface area contributed by atoms with E-state index < -0.39 is 11.6 Å². The molecule has 0 saturated carbocycles. The van der Waals surface area contributed by atoms with E-state index in [-0.39, 0.29) is 0 Å². The Hall–Kier alpha value is -2.59. The lowest BCUT2D eigenvalue weighted by Crippen LogP contribution is -2.01. The van der Waals surface area contributed by atoms with Gasteiger partial charge in [-0.2, -0.15) is 0 Å². The van der Waals surface area contributed by atoms with Gasteiger partial charge in [0.2, 0.25) is 0 Å². The van der Waals surface area contributed by atoms with E-state index in [1.54, 1.807) is 42.5 Å². The monoisotopic (exact) mass is 299 g/mol. The van der Waals surface area contributed by atoms with Crippen LogP contribution in [0.4, 0.5) is 5.69 Å². The first-order valence-electron chi connectivity index (χ1n) is 6.20. The molecule has 0 aliphatic rings. The first-order valence-corrected chi connectivity index (χ1v) is 6.58. The minimum atomic E-state index is -0.585. The zero-order valence-corrected chi connectivity index (χ0v) is 11.5. The van der Waals surface area contributed by atoms with E-state index in [2.05, 4.69) is 4.99 Å². The number of aliphatic imine (C=N–C) groups is 1. The summed E-state index contributed by atoms with van der Waals surface area (Å²) in [6, 6.07) is 13.9. The van der Waals surface area contributed by atoms with Crippen LogP contribution in [-0.2, 0) is 0 Å². The normalized spacial score (nSPS) is 11.3. The molecule has 21 heavy (non-hydrogen) atoms. The molecule has 2 aromatic carbocycles. The van der Waals surface area contributed by atoms with Crippen LogP contribution < -0.4 is 5.63 Å². The quantitative estimate of drug-likeness (QED) is 0.730. The van der Waals surface area contributed by atoms with Crippen molar-refractivity contribution in [3.05, 3.63) is 69.5 Å². The van der Waals surface area contributed by atoms with Gasteiger partial charge in [0.15, 0.2) is 0 Å². The van der Waals surface area contributed by atoms with Crippen LogP contribution in [0.1, 0.15) is 5.56 Å². The third kappa shape index (κ3) is 2.53. The van der Waals surface area contributed by atoms with Gasteiger partial charge in [-0.25, -0.2) is 4.79 Å². The fourth-order valence-electron chi connectivity index (χ4n) is 2.02. The van der Waals surface area contributed by atoms with Crippen molar-refractivity contribution in [2.45, 2.75) is 0 Å². The van der Waals surface area contributed by atoms with Crippen LogP contribution in [-0.4, -0.2) is 11.3 Å². The molecule has 5 heteroatoms. The van der Waals surface area contributed by atoms with Gasteiger partial charge in [-0.1, -0.05) is 41.9 Å². The van der Waals surface area contributed by atoms with E-state index >= 15 is 0 Å². The Morgan fingerprint density at radius 2 is 1.71 bits per heavy atom. The summed E-state index contributed by atoms with van der Waals surface area (Å²) in [4.78, 5) is 15.9. The maximum atomic E-state index is 11.7. The Balaban J connectivity index is 2.17. The third-order valence-electron chi connectivity index (χ3n) is 3.04.